The Kier molecular flexibility index (Phi) is 7.62. The van der Waals surface area contributed by atoms with Gasteiger partial charge in [-0.3, -0.25) is 9.69 Å². The molecule has 0 fully saturated rings. The van der Waals surface area contributed by atoms with Gasteiger partial charge in [-0.25, -0.2) is 4.98 Å². The van der Waals surface area contributed by atoms with Crippen LogP contribution in [0.4, 0.5) is 13.2 Å². The van der Waals surface area contributed by atoms with Gasteiger partial charge in [-0.1, -0.05) is 29.3 Å². The highest BCUT2D eigenvalue weighted by Gasteiger charge is 2.35. The van der Waals surface area contributed by atoms with Gasteiger partial charge in [0.1, 0.15) is 0 Å². The predicted octanol–water partition coefficient (Wildman–Crippen LogP) is 5.76. The van der Waals surface area contributed by atoms with E-state index in [1.807, 2.05) is 6.07 Å². The van der Waals surface area contributed by atoms with E-state index in [4.69, 9.17) is 33.1 Å². The number of halogens is 5. The van der Waals surface area contributed by atoms with Gasteiger partial charge < -0.3 is 5.11 Å². The fourth-order valence-electron chi connectivity index (χ4n) is 4.09. The Balaban J connectivity index is 0.000000858. The van der Waals surface area contributed by atoms with Crippen molar-refractivity contribution in [3.05, 3.63) is 68.5 Å². The van der Waals surface area contributed by atoms with E-state index in [0.717, 1.165) is 43.9 Å². The maximum atomic E-state index is 12.9. The first kappa shape index (κ1) is 23.6. The van der Waals surface area contributed by atoms with E-state index < -0.39 is 11.9 Å². The van der Waals surface area contributed by atoms with Crippen LogP contribution in [0, 0.1) is 0 Å². The maximum Gasteiger partial charge on any atom is 0.434 e. The zero-order valence-electron chi connectivity index (χ0n) is 16.6. The second-order valence-electron chi connectivity index (χ2n) is 7.43. The van der Waals surface area contributed by atoms with Crippen molar-refractivity contribution >= 4 is 35.2 Å². The fraction of sp³-hybridized carbons (Fsp3) is 0.364. The topological polar surface area (TPSA) is 53.4 Å². The molecule has 166 valence electrons. The van der Waals surface area contributed by atoms with Gasteiger partial charge in [-0.05, 0) is 78.8 Å². The molecule has 1 aromatic heterocycles. The van der Waals surface area contributed by atoms with Crippen LogP contribution in [0.3, 0.4) is 0 Å². The Morgan fingerprint density at radius 3 is 2.65 bits per heavy atom. The summed E-state index contributed by atoms with van der Waals surface area (Å²) >= 11 is 11.8. The summed E-state index contributed by atoms with van der Waals surface area (Å²) in [5.41, 5.74) is 4.90. The second kappa shape index (κ2) is 10.0. The molecule has 0 bridgehead atoms. The lowest BCUT2D eigenvalue weighted by Gasteiger charge is -2.28. The largest absolute Gasteiger partial charge is 0.483 e. The number of aryl methyl sites for hydroxylation is 1. The SMILES string of the molecule is FC(F)(F)c1nc(CCCN2CCC3=C(Cc4ccc(Cl)cc43)C2)ccc1Cl.O=CO. The Labute approximate surface area is 188 Å². The number of nitrogens with zero attached hydrogens (tertiary/aromatic N) is 2. The molecule has 1 N–H and O–H groups in total. The number of carboxylic acid groups (broad SMARTS) is 1. The Morgan fingerprint density at radius 2 is 1.94 bits per heavy atom. The Hall–Kier alpha value is -2.09. The van der Waals surface area contributed by atoms with Crippen LogP contribution in [0.1, 0.15) is 35.4 Å². The molecule has 2 aliphatic rings. The molecular weight excluding hydrogens is 452 g/mol. The normalized spacial score (nSPS) is 15.8. The number of fused-ring (bicyclic) bond motifs is 2. The number of pyridine rings is 1. The van der Waals surface area contributed by atoms with Gasteiger partial charge in [0.15, 0.2) is 5.69 Å². The molecular formula is C22H21Cl2F3N2O2. The van der Waals surface area contributed by atoms with Crippen LogP contribution < -0.4 is 0 Å². The molecule has 0 spiro atoms. The molecule has 0 amide bonds. The average molecular weight is 473 g/mol. The lowest BCUT2D eigenvalue weighted by molar-refractivity contribution is -0.141. The molecule has 9 heteroatoms. The van der Waals surface area contributed by atoms with Gasteiger partial charge in [0.2, 0.25) is 0 Å². The van der Waals surface area contributed by atoms with Crippen molar-refractivity contribution in [1.29, 1.82) is 0 Å². The lowest BCUT2D eigenvalue weighted by Crippen LogP contribution is -2.32. The third kappa shape index (κ3) is 5.79. The van der Waals surface area contributed by atoms with E-state index in [9.17, 15) is 13.2 Å². The minimum absolute atomic E-state index is 0.250. The molecule has 4 nitrogen and oxygen atoms in total. The van der Waals surface area contributed by atoms with E-state index >= 15 is 0 Å². The molecule has 0 unspecified atom stereocenters. The van der Waals surface area contributed by atoms with Crippen LogP contribution in [-0.2, 0) is 23.8 Å². The zero-order valence-corrected chi connectivity index (χ0v) is 18.1. The van der Waals surface area contributed by atoms with Gasteiger partial charge in [-0.2, -0.15) is 13.2 Å². The summed E-state index contributed by atoms with van der Waals surface area (Å²) in [4.78, 5) is 14.4. The first-order valence-corrected chi connectivity index (χ1v) is 10.5. The molecule has 0 saturated carbocycles. The molecule has 0 saturated heterocycles. The van der Waals surface area contributed by atoms with Crippen molar-refractivity contribution in [2.24, 2.45) is 0 Å². The first-order chi connectivity index (χ1) is 14.7. The molecule has 1 aromatic carbocycles. The van der Waals surface area contributed by atoms with Crippen molar-refractivity contribution in [1.82, 2.24) is 9.88 Å². The van der Waals surface area contributed by atoms with Gasteiger partial charge in [0, 0.05) is 23.8 Å². The van der Waals surface area contributed by atoms with E-state index in [-0.39, 0.29) is 11.5 Å². The lowest BCUT2D eigenvalue weighted by atomic mass is 9.99. The van der Waals surface area contributed by atoms with E-state index in [0.29, 0.717) is 12.1 Å². The van der Waals surface area contributed by atoms with Crippen LogP contribution in [-0.4, -0.2) is 41.1 Å². The smallest absolute Gasteiger partial charge is 0.434 e. The van der Waals surface area contributed by atoms with Crippen molar-refractivity contribution in [2.75, 3.05) is 19.6 Å². The predicted molar refractivity (Wildman–Crippen MR) is 114 cm³/mol. The molecule has 4 rings (SSSR count). The first-order valence-electron chi connectivity index (χ1n) is 9.75. The molecule has 31 heavy (non-hydrogen) atoms. The summed E-state index contributed by atoms with van der Waals surface area (Å²) in [6.07, 6.45) is -1.32. The monoisotopic (exact) mass is 472 g/mol. The highest BCUT2D eigenvalue weighted by Crippen LogP contribution is 2.39. The number of hydrogen-bond acceptors (Lipinski definition) is 3. The van der Waals surface area contributed by atoms with Crippen LogP contribution >= 0.6 is 23.2 Å². The van der Waals surface area contributed by atoms with E-state index in [2.05, 4.69) is 22.0 Å². The molecule has 1 aliphatic heterocycles. The number of carbonyl (C=O) groups is 1. The quantitative estimate of drug-likeness (QED) is 0.575. The second-order valence-corrected chi connectivity index (χ2v) is 8.27. The highest BCUT2D eigenvalue weighted by atomic mass is 35.5. The summed E-state index contributed by atoms with van der Waals surface area (Å²) in [5.74, 6) is 0. The minimum atomic E-state index is -4.52. The zero-order chi connectivity index (χ0) is 22.6. The van der Waals surface area contributed by atoms with Crippen LogP contribution in [0.15, 0.2) is 35.9 Å². The van der Waals surface area contributed by atoms with Crippen molar-refractivity contribution < 1.29 is 23.1 Å². The number of alkyl halides is 3. The van der Waals surface area contributed by atoms with E-state index in [1.165, 1.54) is 28.3 Å². The van der Waals surface area contributed by atoms with Gasteiger partial charge >= 0.3 is 6.18 Å². The Bertz CT molecular complexity index is 993. The molecule has 2 heterocycles. The molecule has 2 aromatic rings. The summed E-state index contributed by atoms with van der Waals surface area (Å²) < 4.78 is 38.8. The fourth-order valence-corrected chi connectivity index (χ4v) is 4.47. The van der Waals surface area contributed by atoms with E-state index in [1.54, 1.807) is 6.07 Å². The third-order valence-corrected chi connectivity index (χ3v) is 5.94. The van der Waals surface area contributed by atoms with Crippen LogP contribution in [0.5, 0.6) is 0 Å². The molecule has 0 radical (unpaired) electrons. The highest BCUT2D eigenvalue weighted by molar-refractivity contribution is 6.31. The Morgan fingerprint density at radius 1 is 1.19 bits per heavy atom. The summed E-state index contributed by atoms with van der Waals surface area (Å²) in [5, 5.41) is 7.30. The van der Waals surface area contributed by atoms with Gasteiger partial charge in [0.25, 0.3) is 6.47 Å². The van der Waals surface area contributed by atoms with Crippen molar-refractivity contribution in [2.45, 2.75) is 31.9 Å². The standard InChI is InChI=1S/C21H19Cl2F3N2.CH2O2/c22-15-4-3-13-10-14-12-28(9-7-17(14)18(13)11-15)8-1-2-16-5-6-19(23)20(27-16)21(24,25)26;2-1-3/h3-6,11H,1-2,7-10,12H2;1H,(H,2,3). The summed E-state index contributed by atoms with van der Waals surface area (Å²) in [6.45, 7) is 2.44. The number of benzene rings is 1. The number of hydrogen-bond donors (Lipinski definition) is 1. The van der Waals surface area contributed by atoms with Gasteiger partial charge in [0.05, 0.1) is 5.02 Å². The molecule has 0 atom stereocenters. The van der Waals surface area contributed by atoms with Crippen molar-refractivity contribution in [3.8, 4) is 0 Å². The number of rotatable bonds is 4. The third-order valence-electron chi connectivity index (χ3n) is 5.40. The summed E-state index contributed by atoms with van der Waals surface area (Å²) in [7, 11) is 0. The van der Waals surface area contributed by atoms with Crippen LogP contribution in [0.25, 0.3) is 5.57 Å². The molecule has 1 aliphatic carbocycles. The average Bonchev–Trinajstić information content (AvgIpc) is 3.06. The van der Waals surface area contributed by atoms with Crippen molar-refractivity contribution in [3.63, 3.8) is 0 Å². The maximum absolute atomic E-state index is 12.9. The summed E-state index contributed by atoms with van der Waals surface area (Å²) in [6, 6.07) is 8.95. The number of aromatic nitrogens is 1. The van der Waals surface area contributed by atoms with Crippen LogP contribution in [0.2, 0.25) is 10.0 Å². The minimum Gasteiger partial charge on any atom is -0.483 e. The van der Waals surface area contributed by atoms with Gasteiger partial charge in [-0.15, -0.1) is 0 Å².